The molecule has 4 aromatic rings. The lowest BCUT2D eigenvalue weighted by molar-refractivity contribution is 0.0526. The molecule has 1 heterocycles. The summed E-state index contributed by atoms with van der Waals surface area (Å²) in [4.78, 5) is 26.3. The van der Waals surface area contributed by atoms with Crippen LogP contribution in [0.5, 0.6) is 0 Å². The Balaban J connectivity index is 1.69. The molecule has 0 aliphatic carbocycles. The summed E-state index contributed by atoms with van der Waals surface area (Å²) in [5.41, 5.74) is 4.53. The van der Waals surface area contributed by atoms with Gasteiger partial charge in [0.15, 0.2) is 5.76 Å². The molecule has 0 saturated heterocycles. The summed E-state index contributed by atoms with van der Waals surface area (Å²) < 4.78 is 16.0. The van der Waals surface area contributed by atoms with Gasteiger partial charge in [-0.15, -0.1) is 0 Å². The molecule has 0 fully saturated rings. The van der Waals surface area contributed by atoms with Gasteiger partial charge in [0, 0.05) is 5.56 Å². The van der Waals surface area contributed by atoms with Crippen LogP contribution in [-0.4, -0.2) is 30.4 Å². The maximum Gasteiger partial charge on any atom is 0.419 e. The highest BCUT2D eigenvalue weighted by Gasteiger charge is 2.30. The van der Waals surface area contributed by atoms with E-state index in [2.05, 4.69) is 5.16 Å². The number of nitrogens with zero attached hydrogens (tertiary/aromatic N) is 2. The van der Waals surface area contributed by atoms with Gasteiger partial charge < -0.3 is 14.0 Å². The summed E-state index contributed by atoms with van der Waals surface area (Å²) >= 11 is 6.44. The number of halogens is 1. The first-order valence-electron chi connectivity index (χ1n) is 11.5. The highest BCUT2D eigenvalue weighted by molar-refractivity contribution is 6.34. The van der Waals surface area contributed by atoms with Crippen molar-refractivity contribution in [2.75, 3.05) is 18.1 Å². The molecule has 0 N–H and O–H groups in total. The van der Waals surface area contributed by atoms with E-state index in [1.807, 2.05) is 36.4 Å². The minimum atomic E-state index is -0.587. The molecule has 4 rings (SSSR count). The van der Waals surface area contributed by atoms with Crippen LogP contribution in [-0.2, 0) is 9.47 Å². The molecule has 184 valence electrons. The minimum Gasteiger partial charge on any atom is -0.462 e. The lowest BCUT2D eigenvalue weighted by Crippen LogP contribution is -2.27. The number of aromatic nitrogens is 1. The molecule has 0 saturated carbocycles. The Labute approximate surface area is 214 Å². The number of hydrogen-bond acceptors (Lipinski definition) is 6. The third kappa shape index (κ3) is 5.11. The second-order valence-corrected chi connectivity index (χ2v) is 8.21. The summed E-state index contributed by atoms with van der Waals surface area (Å²) in [6.45, 7) is 5.79. The van der Waals surface area contributed by atoms with Gasteiger partial charge in [0.2, 0.25) is 0 Å². The van der Waals surface area contributed by atoms with Gasteiger partial charge in [0.25, 0.3) is 0 Å². The maximum absolute atomic E-state index is 13.0. The summed E-state index contributed by atoms with van der Waals surface area (Å²) in [5, 5.41) is 4.51. The van der Waals surface area contributed by atoms with Crippen molar-refractivity contribution < 1.29 is 23.6 Å². The average Bonchev–Trinajstić information content (AvgIpc) is 3.27. The molecule has 1 aromatic heterocycles. The zero-order valence-corrected chi connectivity index (χ0v) is 20.9. The molecule has 0 aliphatic rings. The smallest absolute Gasteiger partial charge is 0.419 e. The van der Waals surface area contributed by atoms with Crippen LogP contribution in [0.15, 0.2) is 77.3 Å². The van der Waals surface area contributed by atoms with Gasteiger partial charge in [0.1, 0.15) is 11.4 Å². The number of amides is 1. The number of para-hydroxylation sites is 1. The number of rotatable bonds is 7. The number of ether oxygens (including phenoxy) is 2. The molecule has 0 unspecified atom stereocenters. The van der Waals surface area contributed by atoms with E-state index in [1.165, 1.54) is 4.90 Å². The zero-order valence-electron chi connectivity index (χ0n) is 20.2. The largest absolute Gasteiger partial charge is 0.462 e. The number of hydrogen-bond donors (Lipinski definition) is 0. The number of carbonyl (C=O) groups excluding carboxylic acids is 2. The molecule has 0 radical (unpaired) electrons. The van der Waals surface area contributed by atoms with E-state index in [4.69, 9.17) is 25.6 Å². The average molecular weight is 505 g/mol. The minimum absolute atomic E-state index is 0.198. The van der Waals surface area contributed by atoms with Crippen LogP contribution in [0.3, 0.4) is 0 Å². The van der Waals surface area contributed by atoms with E-state index in [0.717, 1.165) is 16.7 Å². The van der Waals surface area contributed by atoms with Gasteiger partial charge in [-0.1, -0.05) is 65.3 Å². The van der Waals surface area contributed by atoms with E-state index in [-0.39, 0.29) is 12.6 Å². The topological polar surface area (TPSA) is 81.9 Å². The molecule has 0 atom stereocenters. The second-order valence-electron chi connectivity index (χ2n) is 7.81. The van der Waals surface area contributed by atoms with Crippen molar-refractivity contribution in [2.45, 2.75) is 20.8 Å². The molecule has 1 amide bonds. The van der Waals surface area contributed by atoms with Crippen molar-refractivity contribution in [2.24, 2.45) is 0 Å². The number of benzene rings is 3. The lowest BCUT2D eigenvalue weighted by Gasteiger charge is -2.23. The van der Waals surface area contributed by atoms with Crippen molar-refractivity contribution >= 4 is 35.0 Å². The Morgan fingerprint density at radius 2 is 1.44 bits per heavy atom. The van der Waals surface area contributed by atoms with Crippen molar-refractivity contribution in [3.8, 4) is 22.5 Å². The van der Waals surface area contributed by atoms with Gasteiger partial charge >= 0.3 is 12.1 Å². The predicted molar refractivity (Wildman–Crippen MR) is 139 cm³/mol. The standard InChI is InChI=1S/C28H25ClN2O5/c1-4-34-27(32)22-16-12-20(13-17-22)19-10-14-21(15-11-19)26-25(18(3)30-36-26)31(28(33)35-5-2)24-9-7-6-8-23(24)29/h6-17H,4-5H2,1-3H3. The monoisotopic (exact) mass is 504 g/mol. The van der Waals surface area contributed by atoms with Gasteiger partial charge in [-0.05, 0) is 56.2 Å². The quantitative estimate of drug-likeness (QED) is 0.243. The van der Waals surface area contributed by atoms with Crippen LogP contribution in [0, 0.1) is 6.92 Å². The number of esters is 1. The Bertz CT molecular complexity index is 1360. The maximum atomic E-state index is 13.0. The highest BCUT2D eigenvalue weighted by atomic mass is 35.5. The summed E-state index contributed by atoms with van der Waals surface area (Å²) in [6.07, 6.45) is -0.587. The number of anilines is 2. The lowest BCUT2D eigenvalue weighted by atomic mass is 10.0. The Hall–Kier alpha value is -4.10. The van der Waals surface area contributed by atoms with Crippen LogP contribution < -0.4 is 4.90 Å². The number of aryl methyl sites for hydroxylation is 1. The van der Waals surface area contributed by atoms with E-state index in [0.29, 0.717) is 40.0 Å². The van der Waals surface area contributed by atoms with Gasteiger partial charge in [-0.3, -0.25) is 0 Å². The van der Waals surface area contributed by atoms with Crippen molar-refractivity contribution in [1.82, 2.24) is 5.16 Å². The molecule has 8 heteroatoms. The summed E-state index contributed by atoms with van der Waals surface area (Å²) in [7, 11) is 0. The Morgan fingerprint density at radius 1 is 0.861 bits per heavy atom. The van der Waals surface area contributed by atoms with E-state index in [9.17, 15) is 9.59 Å². The van der Waals surface area contributed by atoms with Crippen molar-refractivity contribution in [3.05, 3.63) is 89.1 Å². The molecular weight excluding hydrogens is 480 g/mol. The highest BCUT2D eigenvalue weighted by Crippen LogP contribution is 2.41. The molecular formula is C28H25ClN2O5. The van der Waals surface area contributed by atoms with Crippen molar-refractivity contribution in [3.63, 3.8) is 0 Å². The predicted octanol–water partition coefficient (Wildman–Crippen LogP) is 7.44. The number of carbonyl (C=O) groups is 2. The first-order valence-corrected chi connectivity index (χ1v) is 11.9. The third-order valence-corrected chi connectivity index (χ3v) is 5.80. The second kappa shape index (κ2) is 11.1. The van der Waals surface area contributed by atoms with Crippen LogP contribution >= 0.6 is 11.6 Å². The molecule has 36 heavy (non-hydrogen) atoms. The van der Waals surface area contributed by atoms with Crippen molar-refractivity contribution in [1.29, 1.82) is 0 Å². The summed E-state index contributed by atoms with van der Waals surface area (Å²) in [6, 6.07) is 21.8. The van der Waals surface area contributed by atoms with Crippen LogP contribution in [0.1, 0.15) is 29.9 Å². The fourth-order valence-electron chi connectivity index (χ4n) is 3.78. The van der Waals surface area contributed by atoms with Gasteiger partial charge in [-0.2, -0.15) is 0 Å². The summed E-state index contributed by atoms with van der Waals surface area (Å²) in [5.74, 6) is 0.0574. The Morgan fingerprint density at radius 3 is 2.06 bits per heavy atom. The fraction of sp³-hybridized carbons (Fsp3) is 0.179. The van der Waals surface area contributed by atoms with E-state index >= 15 is 0 Å². The Kier molecular flexibility index (Phi) is 7.71. The molecule has 7 nitrogen and oxygen atoms in total. The van der Waals surface area contributed by atoms with Crippen LogP contribution in [0.4, 0.5) is 16.2 Å². The molecule has 0 spiro atoms. The van der Waals surface area contributed by atoms with Crippen LogP contribution in [0.2, 0.25) is 5.02 Å². The van der Waals surface area contributed by atoms with E-state index in [1.54, 1.807) is 57.2 Å². The van der Waals surface area contributed by atoms with Crippen LogP contribution in [0.25, 0.3) is 22.5 Å². The molecule has 3 aromatic carbocycles. The zero-order chi connectivity index (χ0) is 25.7. The van der Waals surface area contributed by atoms with Gasteiger partial charge in [-0.25, -0.2) is 14.5 Å². The first-order chi connectivity index (χ1) is 17.4. The fourth-order valence-corrected chi connectivity index (χ4v) is 4.00. The van der Waals surface area contributed by atoms with Gasteiger partial charge in [0.05, 0.1) is 29.5 Å². The SMILES string of the molecule is CCOC(=O)c1ccc(-c2ccc(-c3onc(C)c3N(C(=O)OCC)c3ccccc3Cl)cc2)cc1. The first kappa shape index (κ1) is 25.0. The molecule has 0 aliphatic heterocycles. The van der Waals surface area contributed by atoms with E-state index < -0.39 is 6.09 Å². The molecule has 0 bridgehead atoms. The normalized spacial score (nSPS) is 10.7. The third-order valence-electron chi connectivity index (χ3n) is 5.48.